The van der Waals surface area contributed by atoms with Crippen LogP contribution in [-0.2, 0) is 16.2 Å². The number of fused-ring (bicyclic) bond motifs is 1. The molecule has 1 N–H and O–H groups in total. The molecule has 35 heavy (non-hydrogen) atoms. The first-order chi connectivity index (χ1) is 16.2. The van der Waals surface area contributed by atoms with Gasteiger partial charge in [0.15, 0.2) is 0 Å². The lowest BCUT2D eigenvalue weighted by atomic mass is 10.0. The predicted molar refractivity (Wildman–Crippen MR) is 124 cm³/mol. The molecule has 0 saturated carbocycles. The molecular formula is C22H13Cl2F4N3O3S. The summed E-state index contributed by atoms with van der Waals surface area (Å²) in [6.45, 7) is 0. The van der Waals surface area contributed by atoms with E-state index in [-0.39, 0.29) is 26.9 Å². The van der Waals surface area contributed by atoms with E-state index in [9.17, 15) is 30.8 Å². The van der Waals surface area contributed by atoms with E-state index in [1.54, 1.807) is 4.72 Å². The van der Waals surface area contributed by atoms with Crippen molar-refractivity contribution in [2.75, 3.05) is 6.26 Å². The number of rotatable bonds is 4. The van der Waals surface area contributed by atoms with Crippen LogP contribution in [0.15, 0.2) is 54.9 Å². The molecule has 1 amide bonds. The number of carbonyl (C=O) groups excluding carboxylic acids is 1. The quantitative estimate of drug-likeness (QED) is 0.326. The SMILES string of the molecule is CS(=O)(=O)NC(=O)c1cc(Cl)c(-n2cc(-c3cccc(C(F)(F)F)c3)c3cc(Cl)cnc32)cc1F. The fraction of sp³-hybridized carbons (Fsp3) is 0.0909. The molecule has 182 valence electrons. The van der Waals surface area contributed by atoms with Crippen LogP contribution in [0.5, 0.6) is 0 Å². The third kappa shape index (κ3) is 5.12. The molecule has 13 heteroatoms. The lowest BCUT2D eigenvalue weighted by molar-refractivity contribution is -0.137. The summed E-state index contributed by atoms with van der Waals surface area (Å²) in [6, 6.07) is 7.94. The molecule has 0 saturated heterocycles. The Balaban J connectivity index is 1.91. The Hall–Kier alpha value is -3.15. The van der Waals surface area contributed by atoms with E-state index in [4.69, 9.17) is 23.2 Å². The molecule has 0 aliphatic carbocycles. The number of nitrogens with zero attached hydrogens (tertiary/aromatic N) is 2. The van der Waals surface area contributed by atoms with Gasteiger partial charge in [0.1, 0.15) is 11.5 Å². The first-order valence-corrected chi connectivity index (χ1v) is 12.2. The summed E-state index contributed by atoms with van der Waals surface area (Å²) in [5, 5.41) is 0.440. The number of nitrogens with one attached hydrogen (secondary N) is 1. The van der Waals surface area contributed by atoms with E-state index >= 15 is 0 Å². The maximum absolute atomic E-state index is 14.8. The average Bonchev–Trinajstić information content (AvgIpc) is 3.11. The molecule has 2 heterocycles. The Kier molecular flexibility index (Phi) is 6.28. The first kappa shape index (κ1) is 25.0. The summed E-state index contributed by atoms with van der Waals surface area (Å²) in [7, 11) is -3.95. The van der Waals surface area contributed by atoms with Crippen LogP contribution in [0.25, 0.3) is 27.8 Å². The summed E-state index contributed by atoms with van der Waals surface area (Å²) < 4.78 is 80.2. The zero-order valence-corrected chi connectivity index (χ0v) is 19.8. The number of amides is 1. The second-order valence-corrected chi connectivity index (χ2v) is 10.1. The van der Waals surface area contributed by atoms with Crippen LogP contribution in [-0.4, -0.2) is 30.1 Å². The zero-order chi connectivity index (χ0) is 25.7. The summed E-state index contributed by atoms with van der Waals surface area (Å²) in [6.07, 6.45) is -1.12. The van der Waals surface area contributed by atoms with Crippen LogP contribution in [0.2, 0.25) is 10.0 Å². The standard InChI is InChI=1S/C22H13Cl2F4N3O3S/c1-35(33,34)30-21(32)15-7-17(24)19(8-18(15)25)31-10-16(14-6-13(23)9-29-20(14)31)11-3-2-4-12(5-11)22(26,27)28/h2-10H,1H3,(H,30,32). The number of hydrogen-bond donors (Lipinski definition) is 1. The van der Waals surface area contributed by atoms with Gasteiger partial charge >= 0.3 is 6.18 Å². The van der Waals surface area contributed by atoms with Gasteiger partial charge in [-0.25, -0.2) is 22.5 Å². The fourth-order valence-electron chi connectivity index (χ4n) is 3.48. The van der Waals surface area contributed by atoms with Crippen molar-refractivity contribution in [3.8, 4) is 16.8 Å². The Bertz CT molecular complexity index is 1600. The van der Waals surface area contributed by atoms with Crippen LogP contribution >= 0.6 is 23.2 Å². The van der Waals surface area contributed by atoms with Gasteiger partial charge in [-0.2, -0.15) is 13.2 Å². The molecule has 2 aromatic heterocycles. The van der Waals surface area contributed by atoms with Crippen molar-refractivity contribution in [2.45, 2.75) is 6.18 Å². The molecule has 4 aromatic rings. The smallest absolute Gasteiger partial charge is 0.299 e. The third-order valence-corrected chi connectivity index (χ3v) is 6.00. The molecular weight excluding hydrogens is 533 g/mol. The van der Waals surface area contributed by atoms with Crippen molar-refractivity contribution in [2.24, 2.45) is 0 Å². The molecule has 6 nitrogen and oxygen atoms in total. The molecule has 0 radical (unpaired) electrons. The molecule has 0 aliphatic heterocycles. The van der Waals surface area contributed by atoms with Crippen molar-refractivity contribution in [1.29, 1.82) is 0 Å². The van der Waals surface area contributed by atoms with Gasteiger partial charge in [0.2, 0.25) is 10.0 Å². The van der Waals surface area contributed by atoms with Gasteiger partial charge in [0, 0.05) is 29.4 Å². The average molecular weight is 546 g/mol. The summed E-state index contributed by atoms with van der Waals surface area (Å²) in [4.78, 5) is 16.3. The maximum Gasteiger partial charge on any atom is 0.416 e. The van der Waals surface area contributed by atoms with Crippen molar-refractivity contribution in [1.82, 2.24) is 14.3 Å². The summed E-state index contributed by atoms with van der Waals surface area (Å²) in [5.74, 6) is -2.30. The van der Waals surface area contributed by atoms with Crippen LogP contribution in [0, 0.1) is 5.82 Å². The predicted octanol–water partition coefficient (Wildman–Crippen LogP) is 5.85. The Morgan fingerprint density at radius 1 is 1.11 bits per heavy atom. The van der Waals surface area contributed by atoms with E-state index in [1.165, 1.54) is 35.2 Å². The van der Waals surface area contributed by atoms with Crippen molar-refractivity contribution in [3.63, 3.8) is 0 Å². The summed E-state index contributed by atoms with van der Waals surface area (Å²) in [5.41, 5.74) is -0.745. The molecule has 0 unspecified atom stereocenters. The topological polar surface area (TPSA) is 81.1 Å². The van der Waals surface area contributed by atoms with Crippen LogP contribution < -0.4 is 4.72 Å². The van der Waals surface area contributed by atoms with E-state index in [0.29, 0.717) is 10.9 Å². The van der Waals surface area contributed by atoms with Crippen molar-refractivity contribution >= 4 is 50.2 Å². The number of sulfonamides is 1. The van der Waals surface area contributed by atoms with Gasteiger partial charge in [0.05, 0.1) is 33.1 Å². The number of halogens is 6. The maximum atomic E-state index is 14.8. The van der Waals surface area contributed by atoms with E-state index in [1.807, 2.05) is 0 Å². The minimum Gasteiger partial charge on any atom is -0.299 e. The highest BCUT2D eigenvalue weighted by molar-refractivity contribution is 7.89. The van der Waals surface area contributed by atoms with Crippen molar-refractivity contribution in [3.05, 3.63) is 81.8 Å². The minimum atomic E-state index is -4.57. The molecule has 4 rings (SSSR count). The van der Waals surface area contributed by atoms with Gasteiger partial charge < -0.3 is 0 Å². The van der Waals surface area contributed by atoms with Gasteiger partial charge in [-0.15, -0.1) is 0 Å². The number of benzene rings is 2. The highest BCUT2D eigenvalue weighted by Gasteiger charge is 2.31. The highest BCUT2D eigenvalue weighted by atomic mass is 35.5. The zero-order valence-electron chi connectivity index (χ0n) is 17.5. The molecule has 0 aliphatic rings. The molecule has 2 aromatic carbocycles. The number of aromatic nitrogens is 2. The lowest BCUT2D eigenvalue weighted by Gasteiger charge is -2.11. The molecule has 0 spiro atoms. The van der Waals surface area contributed by atoms with Crippen molar-refractivity contribution < 1.29 is 30.8 Å². The number of hydrogen-bond acceptors (Lipinski definition) is 4. The molecule has 0 bridgehead atoms. The number of carbonyl (C=O) groups is 1. The molecule has 0 fully saturated rings. The summed E-state index contributed by atoms with van der Waals surface area (Å²) >= 11 is 12.4. The van der Waals surface area contributed by atoms with Gasteiger partial charge in [-0.05, 0) is 29.8 Å². The monoisotopic (exact) mass is 545 g/mol. The normalized spacial score (nSPS) is 12.2. The minimum absolute atomic E-state index is 0.0121. The van der Waals surface area contributed by atoms with Crippen LogP contribution in [0.4, 0.5) is 17.6 Å². The van der Waals surface area contributed by atoms with E-state index in [0.717, 1.165) is 30.5 Å². The van der Waals surface area contributed by atoms with Crippen LogP contribution in [0.3, 0.4) is 0 Å². The van der Waals surface area contributed by atoms with E-state index in [2.05, 4.69) is 4.98 Å². The second-order valence-electron chi connectivity index (χ2n) is 7.50. The third-order valence-electron chi connectivity index (χ3n) is 4.93. The number of alkyl halides is 3. The van der Waals surface area contributed by atoms with Crippen LogP contribution in [0.1, 0.15) is 15.9 Å². The lowest BCUT2D eigenvalue weighted by Crippen LogP contribution is -2.30. The Morgan fingerprint density at radius 3 is 2.49 bits per heavy atom. The Labute approximate surface area is 206 Å². The number of pyridine rings is 1. The first-order valence-electron chi connectivity index (χ1n) is 9.60. The molecule has 0 atom stereocenters. The highest BCUT2D eigenvalue weighted by Crippen LogP contribution is 2.38. The fourth-order valence-corrected chi connectivity index (χ4v) is 4.34. The largest absolute Gasteiger partial charge is 0.416 e. The second kappa shape index (κ2) is 8.81. The Morgan fingerprint density at radius 2 is 1.83 bits per heavy atom. The van der Waals surface area contributed by atoms with Gasteiger partial charge in [-0.3, -0.25) is 9.36 Å². The van der Waals surface area contributed by atoms with Gasteiger partial charge in [0.25, 0.3) is 5.91 Å². The van der Waals surface area contributed by atoms with E-state index < -0.39 is 39.1 Å². The van der Waals surface area contributed by atoms with Gasteiger partial charge in [-0.1, -0.05) is 35.3 Å².